The molecule has 5 rings (SSSR count). The molecule has 0 atom stereocenters. The van der Waals surface area contributed by atoms with E-state index in [9.17, 15) is 0 Å². The van der Waals surface area contributed by atoms with Gasteiger partial charge in [-0.1, -0.05) is 12.1 Å². The van der Waals surface area contributed by atoms with E-state index in [0.29, 0.717) is 0 Å². The molecule has 4 aromatic rings. The average Bonchev–Trinajstić information content (AvgIpc) is 3.05. The molecule has 90 valence electrons. The van der Waals surface area contributed by atoms with Gasteiger partial charge in [0, 0.05) is 23.5 Å². The zero-order valence-electron chi connectivity index (χ0n) is 10.1. The van der Waals surface area contributed by atoms with Crippen LogP contribution < -0.4 is 4.57 Å². The van der Waals surface area contributed by atoms with Gasteiger partial charge in [-0.25, -0.2) is 4.57 Å². The molecule has 0 aliphatic carbocycles. The lowest BCUT2D eigenvalue weighted by atomic mass is 10.1. The highest BCUT2D eigenvalue weighted by Gasteiger charge is 2.32. The van der Waals surface area contributed by atoms with E-state index < -0.39 is 0 Å². The van der Waals surface area contributed by atoms with Gasteiger partial charge in [-0.2, -0.15) is 4.40 Å². The normalized spacial score (nSPS) is 13.1. The highest BCUT2D eigenvalue weighted by molar-refractivity contribution is 5.83. The molecular weight excluding hydrogens is 238 g/mol. The second kappa shape index (κ2) is 3.03. The van der Waals surface area contributed by atoms with Crippen LogP contribution in [0.3, 0.4) is 0 Å². The molecular formula is C15H10N3O+. The summed E-state index contributed by atoms with van der Waals surface area (Å²) in [5.74, 6) is 0. The summed E-state index contributed by atoms with van der Waals surface area (Å²) in [5, 5.41) is 0. The van der Waals surface area contributed by atoms with Crippen LogP contribution in [0.5, 0.6) is 0 Å². The smallest absolute Gasteiger partial charge is 0.344 e. The van der Waals surface area contributed by atoms with Crippen LogP contribution in [0.2, 0.25) is 0 Å². The van der Waals surface area contributed by atoms with Gasteiger partial charge < -0.3 is 4.42 Å². The highest BCUT2D eigenvalue weighted by atomic mass is 16.3. The lowest BCUT2D eigenvalue weighted by Gasteiger charge is -1.91. The minimum absolute atomic E-state index is 0.865. The van der Waals surface area contributed by atoms with Gasteiger partial charge in [0.2, 0.25) is 5.69 Å². The molecule has 0 saturated heterocycles. The standard InChI is InChI=1S/C15H10N3O/c1-2-4-13-12(3-1)18-9-17-8-10-7-16-6-5-11(10)14(17)15(18)19-13/h1-7,9H,8H2/q+1. The van der Waals surface area contributed by atoms with E-state index in [1.807, 2.05) is 30.6 Å². The van der Waals surface area contributed by atoms with Crippen molar-refractivity contribution >= 4 is 16.8 Å². The van der Waals surface area contributed by atoms with E-state index in [1.54, 1.807) is 0 Å². The van der Waals surface area contributed by atoms with Gasteiger partial charge in [-0.3, -0.25) is 4.98 Å². The van der Waals surface area contributed by atoms with Crippen LogP contribution in [0, 0.1) is 0 Å². The Morgan fingerprint density at radius 1 is 1.21 bits per heavy atom. The van der Waals surface area contributed by atoms with Crippen molar-refractivity contribution in [1.82, 2.24) is 9.38 Å². The van der Waals surface area contributed by atoms with Crippen LogP contribution in [0.4, 0.5) is 0 Å². The van der Waals surface area contributed by atoms with E-state index in [2.05, 4.69) is 32.4 Å². The lowest BCUT2D eigenvalue weighted by Crippen LogP contribution is -2.29. The zero-order valence-corrected chi connectivity index (χ0v) is 10.1. The van der Waals surface area contributed by atoms with Gasteiger partial charge in [0.25, 0.3) is 6.33 Å². The van der Waals surface area contributed by atoms with Crippen molar-refractivity contribution < 1.29 is 8.98 Å². The number of benzene rings is 1. The minimum Gasteiger partial charge on any atom is -0.415 e. The van der Waals surface area contributed by atoms with Crippen LogP contribution in [0.25, 0.3) is 28.1 Å². The van der Waals surface area contributed by atoms with Crippen LogP contribution in [-0.4, -0.2) is 9.38 Å². The van der Waals surface area contributed by atoms with Crippen molar-refractivity contribution in [3.8, 4) is 11.3 Å². The van der Waals surface area contributed by atoms with E-state index in [-0.39, 0.29) is 0 Å². The molecule has 3 aromatic heterocycles. The Labute approximate surface area is 108 Å². The Balaban J connectivity index is 1.97. The summed E-state index contributed by atoms with van der Waals surface area (Å²) in [7, 11) is 0. The van der Waals surface area contributed by atoms with Crippen molar-refractivity contribution in [3.05, 3.63) is 54.6 Å². The van der Waals surface area contributed by atoms with E-state index in [4.69, 9.17) is 4.42 Å². The second-order valence-corrected chi connectivity index (χ2v) is 4.87. The first-order valence-corrected chi connectivity index (χ1v) is 6.27. The maximum absolute atomic E-state index is 6.01. The maximum Gasteiger partial charge on any atom is 0.344 e. The summed E-state index contributed by atoms with van der Waals surface area (Å²) < 4.78 is 10.4. The van der Waals surface area contributed by atoms with E-state index >= 15 is 0 Å². The van der Waals surface area contributed by atoms with Crippen molar-refractivity contribution in [1.29, 1.82) is 0 Å². The number of imidazole rings is 1. The summed E-state index contributed by atoms with van der Waals surface area (Å²) in [5.41, 5.74) is 6.55. The molecule has 0 fully saturated rings. The van der Waals surface area contributed by atoms with Gasteiger partial charge in [-0.15, -0.1) is 0 Å². The molecule has 19 heavy (non-hydrogen) atoms. The summed E-state index contributed by atoms with van der Waals surface area (Å²) in [6, 6.07) is 10.2. The number of aromatic nitrogens is 3. The third kappa shape index (κ3) is 1.04. The fraction of sp³-hybridized carbons (Fsp3) is 0.0667. The lowest BCUT2D eigenvalue weighted by molar-refractivity contribution is -0.671. The molecule has 1 aliphatic rings. The monoisotopic (exact) mass is 248 g/mol. The molecule has 0 radical (unpaired) electrons. The van der Waals surface area contributed by atoms with E-state index in [1.165, 1.54) is 11.1 Å². The molecule has 4 heterocycles. The van der Waals surface area contributed by atoms with Gasteiger partial charge in [-0.05, 0) is 18.2 Å². The Kier molecular flexibility index (Phi) is 1.49. The molecule has 0 bridgehead atoms. The largest absolute Gasteiger partial charge is 0.415 e. The fourth-order valence-corrected chi connectivity index (χ4v) is 2.96. The number of hydrogen-bond acceptors (Lipinski definition) is 2. The number of oxazole rings is 1. The molecule has 0 amide bonds. The first-order valence-electron chi connectivity index (χ1n) is 6.27. The van der Waals surface area contributed by atoms with E-state index in [0.717, 1.165) is 29.1 Å². The van der Waals surface area contributed by atoms with Crippen molar-refractivity contribution in [2.45, 2.75) is 6.54 Å². The molecule has 0 unspecified atom stereocenters. The third-order valence-electron chi connectivity index (χ3n) is 3.79. The molecule has 0 saturated carbocycles. The fourth-order valence-electron chi connectivity index (χ4n) is 2.96. The first-order chi connectivity index (χ1) is 9.42. The second-order valence-electron chi connectivity index (χ2n) is 4.87. The minimum atomic E-state index is 0.865. The highest BCUT2D eigenvalue weighted by Crippen LogP contribution is 2.32. The predicted molar refractivity (Wildman–Crippen MR) is 69.7 cm³/mol. The summed E-state index contributed by atoms with van der Waals surface area (Å²) >= 11 is 0. The summed E-state index contributed by atoms with van der Waals surface area (Å²) in [6.45, 7) is 0.865. The van der Waals surface area contributed by atoms with Crippen LogP contribution >= 0.6 is 0 Å². The number of pyridine rings is 1. The number of hydrogen-bond donors (Lipinski definition) is 0. The van der Waals surface area contributed by atoms with Crippen LogP contribution in [0.1, 0.15) is 5.56 Å². The Morgan fingerprint density at radius 2 is 2.16 bits per heavy atom. The van der Waals surface area contributed by atoms with Crippen LogP contribution in [0.15, 0.2) is 53.5 Å². The molecule has 4 nitrogen and oxygen atoms in total. The number of fused-ring (bicyclic) bond motifs is 7. The summed E-state index contributed by atoms with van der Waals surface area (Å²) in [4.78, 5) is 4.19. The molecule has 0 N–H and O–H groups in total. The molecule has 4 heteroatoms. The molecule has 1 aliphatic heterocycles. The third-order valence-corrected chi connectivity index (χ3v) is 3.79. The van der Waals surface area contributed by atoms with Gasteiger partial charge in [0.1, 0.15) is 6.54 Å². The number of para-hydroxylation sites is 2. The summed E-state index contributed by atoms with van der Waals surface area (Å²) in [6.07, 6.45) is 5.87. The van der Waals surface area contributed by atoms with Crippen LogP contribution in [-0.2, 0) is 6.54 Å². The maximum atomic E-state index is 6.01. The SMILES string of the molecule is c1ccc2c(c1)oc1c3[n+](cn12)Cc1cnccc1-3. The predicted octanol–water partition coefficient (Wildman–Crippen LogP) is 2.40. The van der Waals surface area contributed by atoms with Crippen molar-refractivity contribution in [3.63, 3.8) is 0 Å². The number of nitrogens with zero attached hydrogens (tertiary/aromatic N) is 3. The quantitative estimate of drug-likeness (QED) is 0.394. The Bertz CT molecular complexity index is 949. The Morgan fingerprint density at radius 3 is 3.16 bits per heavy atom. The van der Waals surface area contributed by atoms with Gasteiger partial charge in [0.05, 0.1) is 0 Å². The number of rotatable bonds is 0. The van der Waals surface area contributed by atoms with Gasteiger partial charge in [0.15, 0.2) is 11.1 Å². The molecule has 0 spiro atoms. The van der Waals surface area contributed by atoms with Crippen molar-refractivity contribution in [2.75, 3.05) is 0 Å². The molecule has 1 aromatic carbocycles. The zero-order chi connectivity index (χ0) is 12.4. The van der Waals surface area contributed by atoms with Crippen molar-refractivity contribution in [2.24, 2.45) is 0 Å². The van der Waals surface area contributed by atoms with Gasteiger partial charge >= 0.3 is 5.71 Å². The first kappa shape index (κ1) is 9.33. The topological polar surface area (TPSA) is 34.3 Å². The average molecular weight is 248 g/mol. The Hall–Kier alpha value is -2.62.